The van der Waals surface area contributed by atoms with Gasteiger partial charge in [0.15, 0.2) is 16.4 Å². The summed E-state index contributed by atoms with van der Waals surface area (Å²) < 4.78 is 30.2. The molecular formula is C20H21N3O5S2. The van der Waals surface area contributed by atoms with Gasteiger partial charge in [-0.05, 0) is 31.5 Å². The van der Waals surface area contributed by atoms with E-state index in [9.17, 15) is 18.0 Å². The van der Waals surface area contributed by atoms with Gasteiger partial charge in [-0.2, -0.15) is 5.10 Å². The van der Waals surface area contributed by atoms with Gasteiger partial charge < -0.3 is 9.64 Å². The summed E-state index contributed by atoms with van der Waals surface area (Å²) in [5, 5.41) is 5.40. The van der Waals surface area contributed by atoms with Crippen LogP contribution in [0.15, 0.2) is 36.4 Å². The van der Waals surface area contributed by atoms with Crippen LogP contribution in [0.1, 0.15) is 21.8 Å². The van der Waals surface area contributed by atoms with Gasteiger partial charge >= 0.3 is 5.97 Å². The van der Waals surface area contributed by atoms with E-state index in [-0.39, 0.29) is 17.5 Å². The van der Waals surface area contributed by atoms with Crippen molar-refractivity contribution in [2.24, 2.45) is 0 Å². The van der Waals surface area contributed by atoms with Crippen LogP contribution < -0.4 is 0 Å². The number of hydrogen-bond acceptors (Lipinski definition) is 7. The van der Waals surface area contributed by atoms with Gasteiger partial charge in [0.25, 0.3) is 5.91 Å². The minimum atomic E-state index is -3.10. The second kappa shape index (κ2) is 7.84. The van der Waals surface area contributed by atoms with Crippen LogP contribution in [0, 0.1) is 6.92 Å². The summed E-state index contributed by atoms with van der Waals surface area (Å²) in [5.41, 5.74) is 1.68. The molecule has 0 saturated carbocycles. The summed E-state index contributed by atoms with van der Waals surface area (Å²) in [4.78, 5) is 27.4. The first-order valence-electron chi connectivity index (χ1n) is 9.43. The molecule has 1 amide bonds. The zero-order chi connectivity index (χ0) is 21.5. The van der Waals surface area contributed by atoms with E-state index in [1.807, 2.05) is 37.3 Å². The predicted molar refractivity (Wildman–Crippen MR) is 114 cm³/mol. The number of para-hydroxylation sites is 1. The van der Waals surface area contributed by atoms with Crippen LogP contribution in [-0.2, 0) is 19.4 Å². The number of sulfone groups is 1. The van der Waals surface area contributed by atoms with Crippen molar-refractivity contribution in [2.45, 2.75) is 19.4 Å². The van der Waals surface area contributed by atoms with Gasteiger partial charge in [0.05, 0.1) is 22.9 Å². The molecule has 1 atom stereocenters. The molecule has 1 fully saturated rings. The molecule has 1 aliphatic heterocycles. The van der Waals surface area contributed by atoms with Crippen LogP contribution in [0.2, 0.25) is 0 Å². The number of benzene rings is 1. The van der Waals surface area contributed by atoms with Crippen molar-refractivity contribution in [3.63, 3.8) is 0 Å². The average molecular weight is 448 g/mol. The van der Waals surface area contributed by atoms with Crippen molar-refractivity contribution in [3.8, 4) is 5.69 Å². The second-order valence-electron chi connectivity index (χ2n) is 7.30. The average Bonchev–Trinajstić information content (AvgIpc) is 3.40. The summed E-state index contributed by atoms with van der Waals surface area (Å²) in [7, 11) is -1.56. The van der Waals surface area contributed by atoms with Crippen molar-refractivity contribution in [1.82, 2.24) is 14.7 Å². The number of aryl methyl sites for hydroxylation is 1. The predicted octanol–water partition coefficient (Wildman–Crippen LogP) is 2.20. The summed E-state index contributed by atoms with van der Waals surface area (Å²) in [6.07, 6.45) is 0.407. The molecule has 2 aromatic heterocycles. The van der Waals surface area contributed by atoms with Crippen molar-refractivity contribution in [3.05, 3.63) is 47.0 Å². The highest BCUT2D eigenvalue weighted by Gasteiger charge is 2.33. The topological polar surface area (TPSA) is 98.6 Å². The molecule has 0 aliphatic carbocycles. The molecule has 3 heterocycles. The molecule has 8 nitrogen and oxygen atoms in total. The van der Waals surface area contributed by atoms with E-state index < -0.39 is 28.3 Å². The number of fused-ring (bicyclic) bond motifs is 1. The van der Waals surface area contributed by atoms with Gasteiger partial charge in [-0.25, -0.2) is 17.9 Å². The lowest BCUT2D eigenvalue weighted by Gasteiger charge is -2.23. The Morgan fingerprint density at radius 1 is 1.30 bits per heavy atom. The van der Waals surface area contributed by atoms with E-state index in [0.717, 1.165) is 21.6 Å². The lowest BCUT2D eigenvalue weighted by atomic mass is 10.2. The quantitative estimate of drug-likeness (QED) is 0.556. The third-order valence-corrected chi connectivity index (χ3v) is 8.06. The summed E-state index contributed by atoms with van der Waals surface area (Å²) in [5.74, 6) is -0.974. The Morgan fingerprint density at radius 2 is 2.03 bits per heavy atom. The van der Waals surface area contributed by atoms with Crippen LogP contribution in [0.3, 0.4) is 0 Å². The maximum absolute atomic E-state index is 12.5. The lowest BCUT2D eigenvalue weighted by molar-refractivity contribution is -0.134. The number of esters is 1. The maximum atomic E-state index is 12.5. The van der Waals surface area contributed by atoms with E-state index in [4.69, 9.17) is 4.74 Å². The first-order chi connectivity index (χ1) is 14.2. The molecule has 1 aliphatic rings. The van der Waals surface area contributed by atoms with Crippen LogP contribution >= 0.6 is 11.3 Å². The maximum Gasteiger partial charge on any atom is 0.348 e. The number of carbonyl (C=O) groups is 2. The van der Waals surface area contributed by atoms with Crippen molar-refractivity contribution < 1.29 is 22.7 Å². The van der Waals surface area contributed by atoms with E-state index in [1.54, 1.807) is 17.8 Å². The highest BCUT2D eigenvalue weighted by Crippen LogP contribution is 2.30. The Kier molecular flexibility index (Phi) is 5.37. The third kappa shape index (κ3) is 3.97. The molecule has 10 heteroatoms. The Balaban J connectivity index is 1.46. The molecule has 1 saturated heterocycles. The monoisotopic (exact) mass is 447 g/mol. The number of nitrogens with zero attached hydrogens (tertiary/aromatic N) is 3. The molecule has 0 radical (unpaired) electrons. The Bertz CT molecular complexity index is 1210. The minimum Gasteiger partial charge on any atom is -0.451 e. The Hall–Kier alpha value is -2.72. The number of rotatable bonds is 5. The number of carbonyl (C=O) groups excluding carboxylic acids is 2. The van der Waals surface area contributed by atoms with Gasteiger partial charge in [-0.15, -0.1) is 11.3 Å². The molecular weight excluding hydrogens is 426 g/mol. The fraction of sp³-hybridized carbons (Fsp3) is 0.350. The Labute approximate surface area is 178 Å². The van der Waals surface area contributed by atoms with Gasteiger partial charge in [0.1, 0.15) is 9.71 Å². The first-order valence-corrected chi connectivity index (χ1v) is 12.1. The van der Waals surface area contributed by atoms with Gasteiger partial charge in [-0.3, -0.25) is 4.79 Å². The zero-order valence-corrected chi connectivity index (χ0v) is 18.2. The molecule has 4 rings (SSSR count). The van der Waals surface area contributed by atoms with Crippen molar-refractivity contribution in [1.29, 1.82) is 0 Å². The lowest BCUT2D eigenvalue weighted by Crippen LogP contribution is -2.40. The highest BCUT2D eigenvalue weighted by molar-refractivity contribution is 7.91. The van der Waals surface area contributed by atoms with E-state index in [1.165, 1.54) is 16.2 Å². The van der Waals surface area contributed by atoms with Crippen molar-refractivity contribution in [2.75, 3.05) is 25.2 Å². The largest absolute Gasteiger partial charge is 0.451 e. The van der Waals surface area contributed by atoms with Crippen molar-refractivity contribution >= 4 is 43.3 Å². The normalized spacial score (nSPS) is 17.9. The van der Waals surface area contributed by atoms with Crippen LogP contribution in [-0.4, -0.2) is 66.2 Å². The minimum absolute atomic E-state index is 0.0469. The van der Waals surface area contributed by atoms with Gasteiger partial charge in [0.2, 0.25) is 0 Å². The van der Waals surface area contributed by atoms with Crippen LogP contribution in [0.4, 0.5) is 0 Å². The summed E-state index contributed by atoms with van der Waals surface area (Å²) >= 11 is 1.25. The zero-order valence-electron chi connectivity index (χ0n) is 16.6. The summed E-state index contributed by atoms with van der Waals surface area (Å²) in [6.45, 7) is 1.45. The molecule has 0 bridgehead atoms. The SMILES string of the molecule is Cc1nn(-c2ccccc2)c2sc(C(=O)OCC(=O)N(C)C3CCS(=O)(=O)C3)cc12. The third-order valence-electron chi connectivity index (χ3n) is 5.22. The molecule has 0 N–H and O–H groups in total. The molecule has 1 unspecified atom stereocenters. The summed E-state index contributed by atoms with van der Waals surface area (Å²) in [6, 6.07) is 11.0. The number of hydrogen-bond donors (Lipinski definition) is 0. The number of likely N-dealkylation sites (N-methyl/N-ethyl adjacent to an activating group) is 1. The smallest absolute Gasteiger partial charge is 0.348 e. The van der Waals surface area contributed by atoms with Gasteiger partial charge in [0, 0.05) is 18.5 Å². The fourth-order valence-corrected chi connectivity index (χ4v) is 6.33. The number of amides is 1. The van der Waals surface area contributed by atoms with Gasteiger partial charge in [-0.1, -0.05) is 18.2 Å². The molecule has 158 valence electrons. The number of aromatic nitrogens is 2. The second-order valence-corrected chi connectivity index (χ2v) is 10.6. The number of thiophene rings is 1. The fourth-order valence-electron chi connectivity index (χ4n) is 3.48. The van der Waals surface area contributed by atoms with E-state index >= 15 is 0 Å². The van der Waals surface area contributed by atoms with Crippen LogP contribution in [0.5, 0.6) is 0 Å². The molecule has 0 spiro atoms. The molecule has 3 aromatic rings. The van der Waals surface area contributed by atoms with E-state index in [0.29, 0.717) is 11.3 Å². The molecule has 1 aromatic carbocycles. The molecule has 30 heavy (non-hydrogen) atoms. The first kappa shape index (κ1) is 20.5. The van der Waals surface area contributed by atoms with Crippen LogP contribution in [0.25, 0.3) is 15.9 Å². The standard InChI is InChI=1S/C20H21N3O5S2/c1-13-16-10-17(29-19(16)23(21-13)14-6-4-3-5-7-14)20(25)28-11-18(24)22(2)15-8-9-30(26,27)12-15/h3-7,10,15H,8-9,11-12H2,1-2H3. The van der Waals surface area contributed by atoms with E-state index in [2.05, 4.69) is 5.10 Å². The number of ether oxygens (including phenoxy) is 1. The Morgan fingerprint density at radius 3 is 2.70 bits per heavy atom. The highest BCUT2D eigenvalue weighted by atomic mass is 32.2.